The van der Waals surface area contributed by atoms with Gasteiger partial charge in [0.2, 0.25) is 0 Å². The number of carbonyl (C=O) groups is 1. The fourth-order valence-electron chi connectivity index (χ4n) is 2.76. The summed E-state index contributed by atoms with van der Waals surface area (Å²) in [6.45, 7) is 12.2. The predicted octanol–water partition coefficient (Wildman–Crippen LogP) is 3.43. The maximum absolute atomic E-state index is 12.4. The molecule has 1 atom stereocenters. The Balaban J connectivity index is 2.18. The van der Waals surface area contributed by atoms with Crippen LogP contribution in [0.1, 0.15) is 51.8 Å². The summed E-state index contributed by atoms with van der Waals surface area (Å²) in [6.07, 6.45) is 0.588. The molecule has 0 N–H and O–H groups in total. The fourth-order valence-corrected chi connectivity index (χ4v) is 2.76. The summed E-state index contributed by atoms with van der Waals surface area (Å²) < 4.78 is 5.52. The first-order chi connectivity index (χ1) is 10.7. The van der Waals surface area contributed by atoms with Crippen LogP contribution in [0.3, 0.4) is 0 Å². The van der Waals surface area contributed by atoms with Gasteiger partial charge in [-0.3, -0.25) is 0 Å². The molecule has 1 amide bonds. The summed E-state index contributed by atoms with van der Waals surface area (Å²) in [5.41, 5.74) is 1.88. The molecule has 0 saturated carbocycles. The molecule has 1 aromatic heterocycles. The van der Waals surface area contributed by atoms with Crippen LogP contribution in [0.25, 0.3) is 0 Å². The highest BCUT2D eigenvalue weighted by Gasteiger charge is 2.28. The summed E-state index contributed by atoms with van der Waals surface area (Å²) >= 11 is 0. The Labute approximate surface area is 139 Å². The summed E-state index contributed by atoms with van der Waals surface area (Å²) in [4.78, 5) is 21.1. The minimum atomic E-state index is -0.464. The highest BCUT2D eigenvalue weighted by atomic mass is 16.6. The molecule has 0 unspecified atom stereocenters. The minimum absolute atomic E-state index is 0.199. The van der Waals surface area contributed by atoms with E-state index < -0.39 is 5.60 Å². The Morgan fingerprint density at radius 2 is 2.13 bits per heavy atom. The van der Waals surface area contributed by atoms with Gasteiger partial charge in [0.15, 0.2) is 0 Å². The van der Waals surface area contributed by atoms with Crippen molar-refractivity contribution < 1.29 is 9.53 Å². The van der Waals surface area contributed by atoms with Crippen molar-refractivity contribution in [2.75, 3.05) is 31.6 Å². The first-order valence-electron chi connectivity index (χ1n) is 8.40. The molecule has 0 aromatic carbocycles. The zero-order valence-corrected chi connectivity index (χ0v) is 15.2. The van der Waals surface area contributed by atoms with Gasteiger partial charge in [0, 0.05) is 32.6 Å². The molecule has 5 nitrogen and oxygen atoms in total. The summed E-state index contributed by atoms with van der Waals surface area (Å²) in [6, 6.07) is 4.22. The number of rotatable bonds is 2. The molecule has 0 spiro atoms. The second-order valence-electron chi connectivity index (χ2n) is 7.31. The molecular weight excluding hydrogens is 290 g/mol. The number of pyridine rings is 1. The van der Waals surface area contributed by atoms with Gasteiger partial charge in [-0.25, -0.2) is 9.78 Å². The van der Waals surface area contributed by atoms with Crippen molar-refractivity contribution in [1.82, 2.24) is 9.88 Å². The largest absolute Gasteiger partial charge is 0.444 e. The Hall–Kier alpha value is -1.78. The van der Waals surface area contributed by atoms with Gasteiger partial charge in [-0.2, -0.15) is 0 Å². The first kappa shape index (κ1) is 17.6. The lowest BCUT2D eigenvalue weighted by Gasteiger charge is -2.27. The van der Waals surface area contributed by atoms with Crippen LogP contribution in [-0.2, 0) is 11.2 Å². The van der Waals surface area contributed by atoms with Crippen LogP contribution in [0.2, 0.25) is 0 Å². The van der Waals surface area contributed by atoms with Crippen molar-refractivity contribution in [3.63, 3.8) is 0 Å². The van der Waals surface area contributed by atoms with Gasteiger partial charge < -0.3 is 14.5 Å². The van der Waals surface area contributed by atoms with Crippen LogP contribution < -0.4 is 4.90 Å². The van der Waals surface area contributed by atoms with Crippen LogP contribution in [0.15, 0.2) is 12.1 Å². The zero-order valence-electron chi connectivity index (χ0n) is 15.2. The van der Waals surface area contributed by atoms with Crippen LogP contribution in [-0.4, -0.2) is 48.3 Å². The van der Waals surface area contributed by atoms with Crippen molar-refractivity contribution in [2.24, 2.45) is 0 Å². The molecular formula is C18H29N3O2. The normalized spacial score (nSPS) is 18.2. The third kappa shape index (κ3) is 4.36. The van der Waals surface area contributed by atoms with Gasteiger partial charge in [-0.05, 0) is 45.7 Å². The van der Waals surface area contributed by atoms with E-state index in [1.165, 1.54) is 5.56 Å². The number of carbonyl (C=O) groups excluding carboxylic acids is 1. The number of ether oxygens (including phenoxy) is 1. The quantitative estimate of drug-likeness (QED) is 0.838. The van der Waals surface area contributed by atoms with Crippen molar-refractivity contribution >= 4 is 11.9 Å². The molecule has 0 radical (unpaired) electrons. The SMILES string of the molecule is CCN(C)c1ccc2c(n1)[C@@H](C)CN(C(=O)OC(C)(C)C)CC2. The van der Waals surface area contributed by atoms with E-state index in [9.17, 15) is 4.79 Å². The van der Waals surface area contributed by atoms with Crippen molar-refractivity contribution in [3.05, 3.63) is 23.4 Å². The van der Waals surface area contributed by atoms with Crippen LogP contribution in [0, 0.1) is 0 Å². The standard InChI is InChI=1S/C18H29N3O2/c1-7-20(6)15-9-8-14-10-11-21(12-13(2)16(14)19-15)17(22)23-18(3,4)5/h8-9,13H,7,10-12H2,1-6H3/t13-/m0/s1. The van der Waals surface area contributed by atoms with Gasteiger partial charge in [0.1, 0.15) is 11.4 Å². The summed E-state index contributed by atoms with van der Waals surface area (Å²) in [5, 5.41) is 0. The molecule has 128 valence electrons. The van der Waals surface area contributed by atoms with Gasteiger partial charge in [-0.1, -0.05) is 13.0 Å². The van der Waals surface area contributed by atoms with Gasteiger partial charge in [0.25, 0.3) is 0 Å². The number of hydrogen-bond acceptors (Lipinski definition) is 4. The fraction of sp³-hybridized carbons (Fsp3) is 0.667. The van der Waals surface area contributed by atoms with E-state index in [-0.39, 0.29) is 12.0 Å². The van der Waals surface area contributed by atoms with Crippen molar-refractivity contribution in [1.29, 1.82) is 0 Å². The summed E-state index contributed by atoms with van der Waals surface area (Å²) in [5.74, 6) is 1.19. The number of hydrogen-bond donors (Lipinski definition) is 0. The maximum atomic E-state index is 12.4. The number of aromatic nitrogens is 1. The van der Waals surface area contributed by atoms with E-state index in [0.717, 1.165) is 24.5 Å². The molecule has 0 saturated heterocycles. The molecule has 2 heterocycles. The van der Waals surface area contributed by atoms with Gasteiger partial charge >= 0.3 is 6.09 Å². The molecule has 0 aliphatic carbocycles. The predicted molar refractivity (Wildman–Crippen MR) is 93.1 cm³/mol. The third-order valence-electron chi connectivity index (χ3n) is 4.13. The van der Waals surface area contributed by atoms with Gasteiger partial charge in [0.05, 0.1) is 5.69 Å². The highest BCUT2D eigenvalue weighted by molar-refractivity contribution is 5.68. The van der Waals surface area contributed by atoms with E-state index in [2.05, 4.69) is 30.9 Å². The molecule has 0 fully saturated rings. The topological polar surface area (TPSA) is 45.7 Å². The molecule has 23 heavy (non-hydrogen) atoms. The highest BCUT2D eigenvalue weighted by Crippen LogP contribution is 2.26. The summed E-state index contributed by atoms with van der Waals surface area (Å²) in [7, 11) is 2.04. The van der Waals surface area contributed by atoms with E-state index in [1.807, 2.05) is 27.8 Å². The van der Waals surface area contributed by atoms with E-state index in [4.69, 9.17) is 9.72 Å². The van der Waals surface area contributed by atoms with E-state index in [0.29, 0.717) is 13.1 Å². The first-order valence-corrected chi connectivity index (χ1v) is 8.40. The number of amides is 1. The number of anilines is 1. The second-order valence-corrected chi connectivity index (χ2v) is 7.31. The molecule has 1 aliphatic heterocycles. The molecule has 1 aliphatic rings. The lowest BCUT2D eigenvalue weighted by atomic mass is 10.0. The zero-order chi connectivity index (χ0) is 17.2. The Morgan fingerprint density at radius 3 is 2.74 bits per heavy atom. The average molecular weight is 319 g/mol. The van der Waals surface area contributed by atoms with Crippen LogP contribution >= 0.6 is 0 Å². The lowest BCUT2D eigenvalue weighted by molar-refractivity contribution is 0.0248. The van der Waals surface area contributed by atoms with Gasteiger partial charge in [-0.15, -0.1) is 0 Å². The molecule has 5 heteroatoms. The Kier molecular flexibility index (Phi) is 5.17. The van der Waals surface area contributed by atoms with Crippen molar-refractivity contribution in [3.8, 4) is 0 Å². The monoisotopic (exact) mass is 319 g/mol. The number of fused-ring (bicyclic) bond motifs is 1. The van der Waals surface area contributed by atoms with E-state index >= 15 is 0 Å². The second kappa shape index (κ2) is 6.77. The molecule has 0 bridgehead atoms. The average Bonchev–Trinajstić information content (AvgIpc) is 2.64. The Bertz CT molecular complexity index is 566. The minimum Gasteiger partial charge on any atom is -0.444 e. The molecule has 2 rings (SSSR count). The smallest absolute Gasteiger partial charge is 0.410 e. The van der Waals surface area contributed by atoms with Crippen LogP contribution in [0.5, 0.6) is 0 Å². The Morgan fingerprint density at radius 1 is 1.43 bits per heavy atom. The molecule has 1 aromatic rings. The number of nitrogens with zero attached hydrogens (tertiary/aromatic N) is 3. The van der Waals surface area contributed by atoms with Crippen molar-refractivity contribution in [2.45, 2.75) is 52.6 Å². The third-order valence-corrected chi connectivity index (χ3v) is 4.13. The lowest BCUT2D eigenvalue weighted by Crippen LogP contribution is -2.38. The van der Waals surface area contributed by atoms with E-state index in [1.54, 1.807) is 4.90 Å². The maximum Gasteiger partial charge on any atom is 0.410 e. The van der Waals surface area contributed by atoms with Crippen LogP contribution in [0.4, 0.5) is 10.6 Å².